The molecule has 3 aliphatic carbocycles. The van der Waals surface area contributed by atoms with Crippen molar-refractivity contribution in [1.29, 1.82) is 0 Å². The number of hydrogen-bond acceptors (Lipinski definition) is 10. The van der Waals surface area contributed by atoms with Crippen molar-refractivity contribution in [1.82, 2.24) is 10.4 Å². The van der Waals surface area contributed by atoms with Crippen molar-refractivity contribution in [2.24, 2.45) is 17.6 Å². The molecule has 0 aromatic heterocycles. The topological polar surface area (TPSA) is 183 Å². The number of phenolic OH excluding ortho intramolecular Hbond substituents is 1. The molecular weight excluding hydrogens is 515 g/mol. The fraction of sp³-hybridized carbons (Fsp3) is 0.458. The van der Waals surface area contributed by atoms with Crippen molar-refractivity contribution in [2.75, 3.05) is 20.7 Å². The molecule has 0 saturated carbocycles. The number of nitrogens with two attached hydrogens (primary N) is 1. The minimum Gasteiger partial charge on any atom is -0.510 e. The Bertz CT molecular complexity index is 1290. The maximum atomic E-state index is 13.6. The summed E-state index contributed by atoms with van der Waals surface area (Å²) in [5.74, 6) is -7.75. The summed E-state index contributed by atoms with van der Waals surface area (Å²) in [5, 5.41) is 44.0. The number of rotatable bonds is 6. The summed E-state index contributed by atoms with van der Waals surface area (Å²) in [6.07, 6.45) is -4.68. The Hall–Kier alpha value is -3.46. The third-order valence-corrected chi connectivity index (χ3v) is 7.30. The van der Waals surface area contributed by atoms with Crippen molar-refractivity contribution in [3.8, 4) is 5.75 Å². The first-order valence-electron chi connectivity index (χ1n) is 11.5. The summed E-state index contributed by atoms with van der Waals surface area (Å²) in [7, 11) is 3.02. The molecule has 4 rings (SSSR count). The van der Waals surface area contributed by atoms with Gasteiger partial charge >= 0.3 is 6.18 Å². The van der Waals surface area contributed by atoms with Crippen molar-refractivity contribution < 1.29 is 52.8 Å². The number of phenols is 1. The normalized spacial score (nSPS) is 27.4. The average molecular weight is 541 g/mol. The van der Waals surface area contributed by atoms with E-state index in [0.717, 1.165) is 6.07 Å². The van der Waals surface area contributed by atoms with Gasteiger partial charge in [0.1, 0.15) is 22.8 Å². The van der Waals surface area contributed by atoms with Gasteiger partial charge in [0.15, 0.2) is 18.0 Å². The number of carbonyl (C=O) groups excluding carboxylic acids is 3. The first kappa shape index (κ1) is 27.6. The number of nitrogens with zero attached hydrogens (tertiary/aromatic N) is 1. The van der Waals surface area contributed by atoms with Gasteiger partial charge in [0.25, 0.3) is 5.91 Å². The highest BCUT2D eigenvalue weighted by Gasteiger charge is 2.63. The van der Waals surface area contributed by atoms with Gasteiger partial charge in [-0.1, -0.05) is 6.07 Å². The van der Waals surface area contributed by atoms with Gasteiger partial charge in [0.2, 0.25) is 5.78 Å². The van der Waals surface area contributed by atoms with Crippen LogP contribution in [0.2, 0.25) is 0 Å². The molecule has 0 heterocycles. The van der Waals surface area contributed by atoms with Crippen molar-refractivity contribution in [3.05, 3.63) is 51.5 Å². The van der Waals surface area contributed by atoms with Crippen LogP contribution in [0.15, 0.2) is 34.8 Å². The molecule has 1 amide bonds. The van der Waals surface area contributed by atoms with Crippen LogP contribution in [0, 0.1) is 11.8 Å². The van der Waals surface area contributed by atoms with E-state index < -0.39 is 76.6 Å². The lowest BCUT2D eigenvalue weighted by Gasteiger charge is -2.50. The minimum absolute atomic E-state index is 0.000771. The van der Waals surface area contributed by atoms with Crippen LogP contribution < -0.4 is 11.2 Å². The Morgan fingerprint density at radius 1 is 1.24 bits per heavy atom. The van der Waals surface area contributed by atoms with Gasteiger partial charge in [-0.2, -0.15) is 18.7 Å². The number of halogens is 3. The van der Waals surface area contributed by atoms with Crippen LogP contribution in [-0.2, 0) is 27.4 Å². The Labute approximate surface area is 213 Å². The Morgan fingerprint density at radius 2 is 1.89 bits per heavy atom. The molecule has 206 valence electrons. The van der Waals surface area contributed by atoms with Crippen molar-refractivity contribution in [3.63, 3.8) is 0 Å². The molecule has 0 saturated heterocycles. The molecule has 4 atom stereocenters. The molecule has 0 unspecified atom stereocenters. The first-order valence-corrected chi connectivity index (χ1v) is 11.5. The number of carbonyl (C=O) groups is 3. The molecule has 14 heteroatoms. The number of aromatic hydroxyl groups is 1. The van der Waals surface area contributed by atoms with Gasteiger partial charge in [0.05, 0.1) is 11.6 Å². The number of primary amides is 1. The van der Waals surface area contributed by atoms with Gasteiger partial charge in [-0.05, 0) is 50.0 Å². The molecule has 1 aromatic rings. The second-order valence-corrected chi connectivity index (χ2v) is 9.79. The van der Waals surface area contributed by atoms with Crippen LogP contribution in [0.3, 0.4) is 0 Å². The van der Waals surface area contributed by atoms with Crippen LogP contribution in [0.5, 0.6) is 5.75 Å². The van der Waals surface area contributed by atoms with Crippen LogP contribution in [0.4, 0.5) is 13.2 Å². The van der Waals surface area contributed by atoms with E-state index in [1.54, 1.807) is 0 Å². The molecule has 3 aliphatic rings. The summed E-state index contributed by atoms with van der Waals surface area (Å²) < 4.78 is 37.2. The third kappa shape index (κ3) is 4.22. The monoisotopic (exact) mass is 541 g/mol. The number of aliphatic hydroxyl groups is 3. The van der Waals surface area contributed by atoms with Crippen LogP contribution >= 0.6 is 0 Å². The molecule has 0 spiro atoms. The number of aliphatic hydroxyl groups excluding tert-OH is 2. The number of alkyl halides is 3. The number of allylic oxidation sites excluding steroid dienone is 1. The lowest BCUT2D eigenvalue weighted by molar-refractivity contribution is -0.190. The fourth-order valence-corrected chi connectivity index (χ4v) is 5.74. The van der Waals surface area contributed by atoms with E-state index in [1.807, 2.05) is 0 Å². The number of fused-ring (bicyclic) bond motifs is 3. The number of hydrogen-bond donors (Lipinski definition) is 6. The summed E-state index contributed by atoms with van der Waals surface area (Å²) in [5.41, 5.74) is 3.84. The van der Waals surface area contributed by atoms with Gasteiger partial charge in [-0.3, -0.25) is 24.1 Å². The number of Topliss-reactive ketones (excluding diaryl/α,β-unsaturated/α-hetero) is 2. The minimum atomic E-state index is -4.57. The van der Waals surface area contributed by atoms with Gasteiger partial charge < -0.3 is 26.2 Å². The van der Waals surface area contributed by atoms with Crippen molar-refractivity contribution >= 4 is 17.5 Å². The average Bonchev–Trinajstić information content (AvgIpc) is 2.79. The third-order valence-electron chi connectivity index (χ3n) is 7.30. The van der Waals surface area contributed by atoms with Crippen LogP contribution in [-0.4, -0.2) is 81.3 Å². The summed E-state index contributed by atoms with van der Waals surface area (Å²) in [4.78, 5) is 44.6. The Morgan fingerprint density at radius 3 is 2.47 bits per heavy atom. The molecule has 11 nitrogen and oxygen atoms in total. The maximum Gasteiger partial charge on any atom is 0.413 e. The van der Waals surface area contributed by atoms with Gasteiger partial charge in [0, 0.05) is 18.0 Å². The number of nitrogens with one attached hydrogen (secondary N) is 1. The second kappa shape index (κ2) is 9.38. The van der Waals surface area contributed by atoms with E-state index in [1.165, 1.54) is 25.1 Å². The lowest BCUT2D eigenvalue weighted by Crippen LogP contribution is -2.63. The van der Waals surface area contributed by atoms with E-state index in [2.05, 4.69) is 10.3 Å². The largest absolute Gasteiger partial charge is 0.510 e. The van der Waals surface area contributed by atoms with E-state index in [0.29, 0.717) is 5.56 Å². The zero-order valence-electron chi connectivity index (χ0n) is 20.3. The van der Waals surface area contributed by atoms with Crippen molar-refractivity contribution in [2.45, 2.75) is 37.2 Å². The quantitative estimate of drug-likeness (QED) is 0.170. The zero-order chi connectivity index (χ0) is 28.3. The lowest BCUT2D eigenvalue weighted by atomic mass is 9.58. The first-order chi connectivity index (χ1) is 17.6. The predicted molar refractivity (Wildman–Crippen MR) is 123 cm³/mol. The smallest absolute Gasteiger partial charge is 0.413 e. The van der Waals surface area contributed by atoms with E-state index in [9.17, 15) is 48.0 Å². The molecule has 7 N–H and O–H groups in total. The SMILES string of the molecule is CN(C)[C@@H]1C(O)=C(C(N)=O)C(=O)[C@@]2(O)C(O)=C3C(=O)c4c(O)ccc(CNOCC(F)(F)F)c4C[C@H]3C[C@@H]12. The highest BCUT2D eigenvalue weighted by Crippen LogP contribution is 2.52. The summed E-state index contributed by atoms with van der Waals surface area (Å²) >= 11 is 0. The Kier molecular flexibility index (Phi) is 6.80. The van der Waals surface area contributed by atoms with E-state index in [-0.39, 0.29) is 36.1 Å². The van der Waals surface area contributed by atoms with E-state index >= 15 is 0 Å². The molecule has 0 fully saturated rings. The maximum absolute atomic E-state index is 13.6. The molecule has 0 bridgehead atoms. The molecular formula is C24H26F3N3O8. The zero-order valence-corrected chi connectivity index (χ0v) is 20.3. The standard InChI is InChI=1S/C24H26F3N3O8/c1-30(2)17-12-6-10-5-11-9(7-29-38-8-23(25,26)27)3-4-13(31)15(11)18(32)14(10)20(34)24(12,37)21(35)16(19(17)33)22(28)36/h3-4,10,12,17,29,31,33-34,37H,5-8H2,1-2H3,(H2,28,36)/t10-,12-,17-,24-/m0/s1. The number of hydroxylamine groups is 1. The molecule has 1 aromatic carbocycles. The predicted octanol–water partition coefficient (Wildman–Crippen LogP) is 0.704. The summed E-state index contributed by atoms with van der Waals surface area (Å²) in [6, 6.07) is 1.41. The fourth-order valence-electron chi connectivity index (χ4n) is 5.74. The number of ketones is 2. The van der Waals surface area contributed by atoms with E-state index in [4.69, 9.17) is 5.73 Å². The Balaban J connectivity index is 1.79. The second-order valence-electron chi connectivity index (χ2n) is 9.79. The summed E-state index contributed by atoms with van der Waals surface area (Å²) in [6.45, 7) is -1.80. The number of benzene rings is 1. The molecule has 38 heavy (non-hydrogen) atoms. The van der Waals surface area contributed by atoms with Crippen LogP contribution in [0.1, 0.15) is 27.9 Å². The van der Waals surface area contributed by atoms with Gasteiger partial charge in [-0.15, -0.1) is 0 Å². The highest BCUT2D eigenvalue weighted by molar-refractivity contribution is 6.24. The molecule has 0 aliphatic heterocycles. The number of likely N-dealkylation sites (N-methyl/N-ethyl adjacent to an activating group) is 1. The highest BCUT2D eigenvalue weighted by atomic mass is 19.4. The van der Waals surface area contributed by atoms with Crippen LogP contribution in [0.25, 0.3) is 0 Å². The number of amides is 1. The van der Waals surface area contributed by atoms with Gasteiger partial charge in [-0.25, -0.2) is 0 Å². The molecule has 0 radical (unpaired) electrons.